The van der Waals surface area contributed by atoms with Crippen LogP contribution >= 0.6 is 15.9 Å². The summed E-state index contributed by atoms with van der Waals surface area (Å²) in [4.78, 5) is 0. The van der Waals surface area contributed by atoms with E-state index in [-0.39, 0.29) is 0 Å². The van der Waals surface area contributed by atoms with E-state index in [1.54, 1.807) is 4.68 Å². The number of halogens is 1. The Morgan fingerprint density at radius 3 is 2.59 bits per heavy atom. The topological polar surface area (TPSA) is 43.6 Å². The number of nitrogens with zero attached hydrogens (tertiary/aromatic N) is 4. The zero-order chi connectivity index (χ0) is 11.8. The van der Waals surface area contributed by atoms with E-state index in [0.717, 1.165) is 16.0 Å². The fourth-order valence-corrected chi connectivity index (χ4v) is 2.18. The molecule has 4 nitrogen and oxygen atoms in total. The standard InChI is InChI=1S/C12H9BrN4/c1-8-14-15-16-17(8)12-5-3-9-6-11(13)4-2-10(9)7-12/h2-7H,1H3. The first kappa shape index (κ1) is 10.4. The molecule has 0 saturated heterocycles. The minimum Gasteiger partial charge on any atom is -0.198 e. The van der Waals surface area contributed by atoms with Gasteiger partial charge in [-0.25, -0.2) is 0 Å². The van der Waals surface area contributed by atoms with Crippen molar-refractivity contribution >= 4 is 26.7 Å². The number of tetrazole rings is 1. The Hall–Kier alpha value is -1.75. The highest BCUT2D eigenvalue weighted by atomic mass is 79.9. The summed E-state index contributed by atoms with van der Waals surface area (Å²) in [5.41, 5.74) is 0.974. The molecule has 84 valence electrons. The molecule has 5 heteroatoms. The second kappa shape index (κ2) is 3.92. The van der Waals surface area contributed by atoms with Crippen molar-refractivity contribution < 1.29 is 0 Å². The molecule has 0 amide bonds. The fourth-order valence-electron chi connectivity index (χ4n) is 1.81. The van der Waals surface area contributed by atoms with E-state index in [1.807, 2.05) is 19.1 Å². The zero-order valence-corrected chi connectivity index (χ0v) is 10.7. The lowest BCUT2D eigenvalue weighted by atomic mass is 10.1. The van der Waals surface area contributed by atoms with Gasteiger partial charge in [0.05, 0.1) is 5.69 Å². The summed E-state index contributed by atoms with van der Waals surface area (Å²) in [5, 5.41) is 13.8. The molecule has 0 atom stereocenters. The van der Waals surface area contributed by atoms with E-state index in [4.69, 9.17) is 0 Å². The van der Waals surface area contributed by atoms with Gasteiger partial charge in [-0.2, -0.15) is 4.68 Å². The summed E-state index contributed by atoms with van der Waals surface area (Å²) < 4.78 is 2.80. The van der Waals surface area contributed by atoms with Gasteiger partial charge in [0, 0.05) is 4.47 Å². The minimum atomic E-state index is 0.779. The second-order valence-corrected chi connectivity index (χ2v) is 4.73. The normalized spacial score (nSPS) is 10.9. The number of rotatable bonds is 1. The molecule has 0 spiro atoms. The average molecular weight is 289 g/mol. The van der Waals surface area contributed by atoms with E-state index in [1.165, 1.54) is 10.8 Å². The Bertz CT molecular complexity index is 690. The maximum atomic E-state index is 3.96. The third-order valence-electron chi connectivity index (χ3n) is 2.66. The fraction of sp³-hybridized carbons (Fsp3) is 0.0833. The van der Waals surface area contributed by atoms with Crippen molar-refractivity contribution in [3.05, 3.63) is 46.7 Å². The molecule has 2 aromatic carbocycles. The molecule has 0 bridgehead atoms. The van der Waals surface area contributed by atoms with E-state index >= 15 is 0 Å². The quantitative estimate of drug-likeness (QED) is 0.692. The van der Waals surface area contributed by atoms with Gasteiger partial charge in [0.15, 0.2) is 5.82 Å². The van der Waals surface area contributed by atoms with Crippen LogP contribution in [-0.2, 0) is 0 Å². The lowest BCUT2D eigenvalue weighted by Gasteiger charge is -2.04. The predicted molar refractivity (Wildman–Crippen MR) is 69.1 cm³/mol. The Kier molecular flexibility index (Phi) is 2.40. The summed E-state index contributed by atoms with van der Waals surface area (Å²) in [6, 6.07) is 12.3. The molecular formula is C12H9BrN4. The summed E-state index contributed by atoms with van der Waals surface area (Å²) in [6.45, 7) is 1.88. The molecule has 0 unspecified atom stereocenters. The van der Waals surface area contributed by atoms with Gasteiger partial charge < -0.3 is 0 Å². The maximum absolute atomic E-state index is 3.96. The van der Waals surface area contributed by atoms with Crippen LogP contribution in [0.2, 0.25) is 0 Å². The highest BCUT2D eigenvalue weighted by molar-refractivity contribution is 9.10. The summed E-state index contributed by atoms with van der Waals surface area (Å²) >= 11 is 3.46. The van der Waals surface area contributed by atoms with Crippen LogP contribution in [0.1, 0.15) is 5.82 Å². The molecule has 0 radical (unpaired) electrons. The molecular weight excluding hydrogens is 280 g/mol. The number of benzene rings is 2. The van der Waals surface area contributed by atoms with Crippen LogP contribution in [-0.4, -0.2) is 20.2 Å². The minimum absolute atomic E-state index is 0.779. The highest BCUT2D eigenvalue weighted by Gasteiger charge is 2.04. The molecule has 0 aliphatic heterocycles. The van der Waals surface area contributed by atoms with Gasteiger partial charge in [-0.05, 0) is 52.4 Å². The number of hydrogen-bond acceptors (Lipinski definition) is 3. The smallest absolute Gasteiger partial charge is 0.153 e. The van der Waals surface area contributed by atoms with Crippen molar-refractivity contribution in [3.8, 4) is 5.69 Å². The SMILES string of the molecule is Cc1nnnn1-c1ccc2cc(Br)ccc2c1. The first-order chi connectivity index (χ1) is 8.24. The van der Waals surface area contributed by atoms with E-state index in [2.05, 4.69) is 55.7 Å². The Morgan fingerprint density at radius 1 is 1.06 bits per heavy atom. The molecule has 3 rings (SSSR count). The van der Waals surface area contributed by atoms with E-state index in [0.29, 0.717) is 0 Å². The van der Waals surface area contributed by atoms with E-state index < -0.39 is 0 Å². The predicted octanol–water partition coefficient (Wildman–Crippen LogP) is 2.89. The first-order valence-corrected chi connectivity index (χ1v) is 5.98. The molecule has 1 aromatic heterocycles. The maximum Gasteiger partial charge on any atom is 0.153 e. The van der Waals surface area contributed by atoms with Gasteiger partial charge in [0.1, 0.15) is 0 Å². The van der Waals surface area contributed by atoms with Crippen molar-refractivity contribution in [2.75, 3.05) is 0 Å². The number of fused-ring (bicyclic) bond motifs is 1. The number of hydrogen-bond donors (Lipinski definition) is 0. The van der Waals surface area contributed by atoms with Gasteiger partial charge in [-0.15, -0.1) is 5.10 Å². The van der Waals surface area contributed by atoms with Gasteiger partial charge >= 0.3 is 0 Å². The molecule has 0 aliphatic rings. The lowest BCUT2D eigenvalue weighted by molar-refractivity contribution is 0.780. The third kappa shape index (κ3) is 1.82. The van der Waals surface area contributed by atoms with Crippen molar-refractivity contribution in [2.45, 2.75) is 6.92 Å². The lowest BCUT2D eigenvalue weighted by Crippen LogP contribution is -1.98. The van der Waals surface area contributed by atoms with Crippen LogP contribution in [0, 0.1) is 6.92 Å². The summed E-state index contributed by atoms with van der Waals surface area (Å²) in [6.07, 6.45) is 0. The Morgan fingerprint density at radius 2 is 1.82 bits per heavy atom. The van der Waals surface area contributed by atoms with Crippen LogP contribution in [0.3, 0.4) is 0 Å². The third-order valence-corrected chi connectivity index (χ3v) is 3.15. The molecule has 17 heavy (non-hydrogen) atoms. The zero-order valence-electron chi connectivity index (χ0n) is 9.13. The Labute approximate surface area is 106 Å². The van der Waals surface area contributed by atoms with Gasteiger partial charge in [0.25, 0.3) is 0 Å². The largest absolute Gasteiger partial charge is 0.198 e. The van der Waals surface area contributed by atoms with E-state index in [9.17, 15) is 0 Å². The molecule has 0 aliphatic carbocycles. The average Bonchev–Trinajstić information content (AvgIpc) is 2.75. The second-order valence-electron chi connectivity index (χ2n) is 3.81. The highest BCUT2D eigenvalue weighted by Crippen LogP contribution is 2.22. The first-order valence-electron chi connectivity index (χ1n) is 5.19. The van der Waals surface area contributed by atoms with Crippen LogP contribution in [0.15, 0.2) is 40.9 Å². The summed E-state index contributed by atoms with van der Waals surface area (Å²) in [7, 11) is 0. The monoisotopic (exact) mass is 288 g/mol. The van der Waals surface area contributed by atoms with Crippen LogP contribution in [0.4, 0.5) is 0 Å². The Balaban J connectivity index is 2.20. The van der Waals surface area contributed by atoms with Crippen molar-refractivity contribution in [1.29, 1.82) is 0 Å². The molecule has 0 N–H and O–H groups in total. The van der Waals surface area contributed by atoms with Crippen LogP contribution < -0.4 is 0 Å². The van der Waals surface area contributed by atoms with Crippen molar-refractivity contribution in [1.82, 2.24) is 20.2 Å². The molecule has 0 fully saturated rings. The van der Waals surface area contributed by atoms with Crippen LogP contribution in [0.5, 0.6) is 0 Å². The van der Waals surface area contributed by atoms with Crippen molar-refractivity contribution in [2.24, 2.45) is 0 Å². The van der Waals surface area contributed by atoms with Gasteiger partial charge in [0.2, 0.25) is 0 Å². The van der Waals surface area contributed by atoms with Gasteiger partial charge in [-0.1, -0.05) is 28.1 Å². The molecule has 1 heterocycles. The number of aryl methyl sites for hydroxylation is 1. The van der Waals surface area contributed by atoms with Crippen LogP contribution in [0.25, 0.3) is 16.5 Å². The molecule has 3 aromatic rings. The molecule has 0 saturated carbocycles. The summed E-state index contributed by atoms with van der Waals surface area (Å²) in [5.74, 6) is 0.779. The number of aromatic nitrogens is 4. The van der Waals surface area contributed by atoms with Crippen molar-refractivity contribution in [3.63, 3.8) is 0 Å². The van der Waals surface area contributed by atoms with Gasteiger partial charge in [-0.3, -0.25) is 0 Å².